The predicted molar refractivity (Wildman–Crippen MR) is 145 cm³/mol. The number of piperazine rings is 1. The second-order valence-corrected chi connectivity index (χ2v) is 9.31. The summed E-state index contributed by atoms with van der Waals surface area (Å²) in [5.74, 6) is -1.12. The Morgan fingerprint density at radius 1 is 0.895 bits per heavy atom. The van der Waals surface area contributed by atoms with Crippen molar-refractivity contribution in [3.8, 4) is 11.3 Å². The van der Waals surface area contributed by atoms with Crippen LogP contribution in [0.1, 0.15) is 15.9 Å². The fourth-order valence-electron chi connectivity index (χ4n) is 4.72. The number of nitrogens with zero attached hydrogens (tertiary/aromatic N) is 5. The van der Waals surface area contributed by atoms with Crippen molar-refractivity contribution in [2.24, 2.45) is 0 Å². The molecule has 3 aromatic carbocycles. The normalized spacial score (nSPS) is 14.1. The van der Waals surface area contributed by atoms with E-state index >= 15 is 0 Å². The molecule has 1 amide bonds. The molecule has 3 heterocycles. The number of pyridine rings is 1. The van der Waals surface area contributed by atoms with Crippen LogP contribution in [0.15, 0.2) is 84.9 Å². The minimum atomic E-state index is -0.598. The molecule has 1 aliphatic rings. The Hall–Kier alpha value is -4.63. The van der Waals surface area contributed by atoms with Crippen LogP contribution in [0.5, 0.6) is 0 Å². The summed E-state index contributed by atoms with van der Waals surface area (Å²) in [6, 6.07) is 26.1. The van der Waals surface area contributed by atoms with Crippen LogP contribution >= 0.6 is 0 Å². The molecule has 6 rings (SSSR count). The van der Waals surface area contributed by atoms with Crippen molar-refractivity contribution in [2.45, 2.75) is 6.54 Å². The molecule has 5 aromatic rings. The molecule has 0 aliphatic carbocycles. The summed E-state index contributed by atoms with van der Waals surface area (Å²) in [5, 5.41) is 13.3. The smallest absolute Gasteiger partial charge is 0.258 e. The highest BCUT2D eigenvalue weighted by atomic mass is 19.1. The molecular weight excluding hydrogens is 481 g/mol. The van der Waals surface area contributed by atoms with Crippen LogP contribution < -0.4 is 10.2 Å². The van der Waals surface area contributed by atoms with Gasteiger partial charge in [-0.05, 0) is 60.2 Å². The molecule has 9 heteroatoms. The molecule has 190 valence electrons. The molecule has 1 aliphatic heterocycles. The summed E-state index contributed by atoms with van der Waals surface area (Å²) >= 11 is 0. The van der Waals surface area contributed by atoms with Crippen LogP contribution in [-0.2, 0) is 6.54 Å². The van der Waals surface area contributed by atoms with Gasteiger partial charge in [0.2, 0.25) is 5.65 Å². The van der Waals surface area contributed by atoms with Gasteiger partial charge in [0.15, 0.2) is 0 Å². The second-order valence-electron chi connectivity index (χ2n) is 9.31. The van der Waals surface area contributed by atoms with Crippen LogP contribution in [0.3, 0.4) is 0 Å². The summed E-state index contributed by atoms with van der Waals surface area (Å²) in [4.78, 5) is 22.2. The highest BCUT2D eigenvalue weighted by Crippen LogP contribution is 2.24. The largest absolute Gasteiger partial charge is 0.369 e. The highest BCUT2D eigenvalue weighted by Gasteiger charge is 2.18. The van der Waals surface area contributed by atoms with E-state index in [9.17, 15) is 9.18 Å². The number of carbonyl (C=O) groups is 1. The Morgan fingerprint density at radius 2 is 1.68 bits per heavy atom. The summed E-state index contributed by atoms with van der Waals surface area (Å²) in [7, 11) is 0. The number of H-pyrrole nitrogens is 1. The quantitative estimate of drug-likeness (QED) is 0.345. The average molecular weight is 508 g/mol. The Balaban J connectivity index is 1.09. The van der Waals surface area contributed by atoms with Crippen molar-refractivity contribution < 1.29 is 9.18 Å². The van der Waals surface area contributed by atoms with Crippen LogP contribution in [0.4, 0.5) is 15.8 Å². The number of halogens is 1. The summed E-state index contributed by atoms with van der Waals surface area (Å²) in [5.41, 5.74) is 5.26. The van der Waals surface area contributed by atoms with Crippen LogP contribution in [0.2, 0.25) is 0 Å². The standard InChI is InChI=1S/C29H26FN7O/c30-25-11-6-21(26-12-13-27-28(32-26)34-35-33-27)18-24(25)29(38)31-22-7-9-23(10-8-22)37-16-14-36(15-17-37)19-20-4-2-1-3-5-20/h1-13,18H,14-17,19H2,(H,31,38)(H,32,33,34,35). The van der Waals surface area contributed by atoms with Crippen LogP contribution in [-0.4, -0.2) is 57.4 Å². The van der Waals surface area contributed by atoms with Gasteiger partial charge in [-0.3, -0.25) is 9.69 Å². The lowest BCUT2D eigenvalue weighted by molar-refractivity contribution is 0.102. The van der Waals surface area contributed by atoms with E-state index in [0.29, 0.717) is 28.1 Å². The zero-order valence-electron chi connectivity index (χ0n) is 20.6. The lowest BCUT2D eigenvalue weighted by Crippen LogP contribution is -2.45. The van der Waals surface area contributed by atoms with Crippen LogP contribution in [0, 0.1) is 5.82 Å². The minimum absolute atomic E-state index is 0.0526. The Kier molecular flexibility index (Phi) is 6.49. The van der Waals surface area contributed by atoms with E-state index in [4.69, 9.17) is 0 Å². The summed E-state index contributed by atoms with van der Waals surface area (Å²) in [6.45, 7) is 4.81. The van der Waals surface area contributed by atoms with Crippen molar-refractivity contribution in [1.29, 1.82) is 0 Å². The number of rotatable bonds is 6. The minimum Gasteiger partial charge on any atom is -0.369 e. The van der Waals surface area contributed by atoms with Gasteiger partial charge in [-0.15, -0.1) is 5.10 Å². The van der Waals surface area contributed by atoms with Crippen molar-refractivity contribution in [2.75, 3.05) is 36.4 Å². The maximum absolute atomic E-state index is 14.6. The van der Waals surface area contributed by atoms with Gasteiger partial charge >= 0.3 is 0 Å². The first-order chi connectivity index (χ1) is 18.6. The van der Waals surface area contributed by atoms with Crippen molar-refractivity contribution in [3.05, 3.63) is 102 Å². The molecule has 0 unspecified atom stereocenters. The lowest BCUT2D eigenvalue weighted by atomic mass is 10.1. The number of anilines is 2. The van der Waals surface area contributed by atoms with E-state index in [2.05, 4.69) is 59.8 Å². The third-order valence-electron chi connectivity index (χ3n) is 6.80. The Bertz CT molecular complexity index is 1560. The third kappa shape index (κ3) is 5.09. The molecule has 0 bridgehead atoms. The number of aromatic amines is 1. The van der Waals surface area contributed by atoms with Crippen LogP contribution in [0.25, 0.3) is 22.4 Å². The topological polar surface area (TPSA) is 90.0 Å². The van der Waals surface area contributed by atoms with Gasteiger partial charge in [-0.25, -0.2) is 9.37 Å². The van der Waals surface area contributed by atoms with Gasteiger partial charge in [0, 0.05) is 49.7 Å². The fraction of sp³-hybridized carbons (Fsp3) is 0.172. The average Bonchev–Trinajstić information content (AvgIpc) is 3.43. The van der Waals surface area contributed by atoms with E-state index in [1.165, 1.54) is 17.7 Å². The van der Waals surface area contributed by atoms with Gasteiger partial charge in [0.05, 0.1) is 11.3 Å². The first-order valence-corrected chi connectivity index (χ1v) is 12.5. The number of hydrogen-bond donors (Lipinski definition) is 2. The fourth-order valence-corrected chi connectivity index (χ4v) is 4.72. The highest BCUT2D eigenvalue weighted by molar-refractivity contribution is 6.05. The van der Waals surface area contributed by atoms with E-state index < -0.39 is 11.7 Å². The molecule has 1 saturated heterocycles. The molecule has 2 aromatic heterocycles. The Morgan fingerprint density at radius 3 is 2.47 bits per heavy atom. The maximum atomic E-state index is 14.6. The zero-order chi connectivity index (χ0) is 25.9. The predicted octanol–water partition coefficient (Wildman–Crippen LogP) is 4.73. The Labute approximate surface area is 219 Å². The number of amides is 1. The molecule has 1 fully saturated rings. The first kappa shape index (κ1) is 23.7. The van der Waals surface area contributed by atoms with Crippen molar-refractivity contribution in [3.63, 3.8) is 0 Å². The summed E-state index contributed by atoms with van der Waals surface area (Å²) < 4.78 is 14.6. The zero-order valence-corrected chi connectivity index (χ0v) is 20.6. The molecule has 0 atom stereocenters. The molecule has 0 radical (unpaired) electrons. The van der Waals surface area contributed by atoms with Gasteiger partial charge < -0.3 is 10.2 Å². The molecule has 2 N–H and O–H groups in total. The van der Waals surface area contributed by atoms with E-state index in [-0.39, 0.29) is 5.56 Å². The monoisotopic (exact) mass is 507 g/mol. The van der Waals surface area contributed by atoms with Crippen molar-refractivity contribution >= 4 is 28.4 Å². The number of fused-ring (bicyclic) bond motifs is 1. The van der Waals surface area contributed by atoms with E-state index in [1.54, 1.807) is 18.2 Å². The van der Waals surface area contributed by atoms with Gasteiger partial charge in [-0.2, -0.15) is 10.3 Å². The number of benzene rings is 3. The molecular formula is C29H26FN7O. The number of hydrogen-bond acceptors (Lipinski definition) is 6. The lowest BCUT2D eigenvalue weighted by Gasteiger charge is -2.36. The second kappa shape index (κ2) is 10.4. The van der Waals surface area contributed by atoms with Gasteiger partial charge in [0.1, 0.15) is 11.3 Å². The maximum Gasteiger partial charge on any atom is 0.258 e. The number of nitrogens with one attached hydrogen (secondary N) is 2. The van der Waals surface area contributed by atoms with Gasteiger partial charge in [-0.1, -0.05) is 30.3 Å². The van der Waals surface area contributed by atoms with E-state index in [0.717, 1.165) is 38.4 Å². The molecule has 8 nitrogen and oxygen atoms in total. The third-order valence-corrected chi connectivity index (χ3v) is 6.80. The summed E-state index contributed by atoms with van der Waals surface area (Å²) in [6.07, 6.45) is 0. The molecule has 0 saturated carbocycles. The van der Waals surface area contributed by atoms with Gasteiger partial charge in [0.25, 0.3) is 5.91 Å². The molecule has 38 heavy (non-hydrogen) atoms. The van der Waals surface area contributed by atoms with Crippen molar-refractivity contribution in [1.82, 2.24) is 25.3 Å². The SMILES string of the molecule is O=C(Nc1ccc(N2CCN(Cc3ccccc3)CC2)cc1)c1cc(-c2ccc3n[nH]nc3n2)ccc1F. The molecule has 0 spiro atoms. The number of aromatic nitrogens is 4. The van der Waals surface area contributed by atoms with E-state index in [1.807, 2.05) is 30.3 Å². The number of carbonyl (C=O) groups excluding carboxylic acids is 1. The first-order valence-electron chi connectivity index (χ1n) is 12.5.